The molecule has 0 saturated carbocycles. The van der Waals surface area contributed by atoms with Gasteiger partial charge in [-0.1, -0.05) is 12.1 Å². The standard InChI is InChI=1S/C15H16N2O4/c1-20-13-5-3-4-11(8-13)10-16-12-6-7-14(17(18)19)15(9-12)21-2/h3-9,16H,10H2,1-2H3. The second-order valence-corrected chi connectivity index (χ2v) is 4.35. The molecule has 6 heteroatoms. The van der Waals surface area contributed by atoms with Crippen LogP contribution in [0.1, 0.15) is 5.56 Å². The lowest BCUT2D eigenvalue weighted by Gasteiger charge is -2.09. The molecule has 0 fully saturated rings. The Balaban J connectivity index is 2.11. The monoisotopic (exact) mass is 288 g/mol. The van der Waals surface area contributed by atoms with E-state index < -0.39 is 4.92 Å². The fourth-order valence-electron chi connectivity index (χ4n) is 1.92. The number of nitro groups is 1. The average molecular weight is 288 g/mol. The molecule has 2 aromatic carbocycles. The molecule has 0 radical (unpaired) electrons. The molecule has 2 rings (SSSR count). The van der Waals surface area contributed by atoms with E-state index in [0.717, 1.165) is 17.0 Å². The molecule has 0 atom stereocenters. The Morgan fingerprint density at radius 3 is 2.62 bits per heavy atom. The van der Waals surface area contributed by atoms with Gasteiger partial charge in [0.15, 0.2) is 5.75 Å². The number of anilines is 1. The molecule has 0 saturated heterocycles. The maximum Gasteiger partial charge on any atom is 0.311 e. The van der Waals surface area contributed by atoms with Crippen LogP contribution in [0.15, 0.2) is 42.5 Å². The van der Waals surface area contributed by atoms with Crippen LogP contribution in [0.4, 0.5) is 11.4 Å². The number of nitro benzene ring substituents is 1. The molecular weight excluding hydrogens is 272 g/mol. The SMILES string of the molecule is COc1cccc(CNc2ccc([N+](=O)[O-])c(OC)c2)c1. The van der Waals surface area contributed by atoms with Crippen LogP contribution in [0, 0.1) is 10.1 Å². The minimum absolute atomic E-state index is 0.0515. The van der Waals surface area contributed by atoms with E-state index in [0.29, 0.717) is 6.54 Å². The van der Waals surface area contributed by atoms with Crippen LogP contribution >= 0.6 is 0 Å². The van der Waals surface area contributed by atoms with Gasteiger partial charge in [0, 0.05) is 24.4 Å². The maximum absolute atomic E-state index is 10.8. The van der Waals surface area contributed by atoms with E-state index in [2.05, 4.69) is 5.32 Å². The summed E-state index contributed by atoms with van der Waals surface area (Å²) in [6.45, 7) is 0.582. The molecule has 0 aliphatic heterocycles. The molecule has 0 bridgehead atoms. The van der Waals surface area contributed by atoms with Crippen molar-refractivity contribution < 1.29 is 14.4 Å². The summed E-state index contributed by atoms with van der Waals surface area (Å²) in [7, 11) is 3.03. The van der Waals surface area contributed by atoms with Gasteiger partial charge in [0.2, 0.25) is 0 Å². The van der Waals surface area contributed by atoms with Gasteiger partial charge in [0.1, 0.15) is 5.75 Å². The number of methoxy groups -OCH3 is 2. The first-order chi connectivity index (χ1) is 10.1. The molecule has 0 aliphatic carbocycles. The number of rotatable bonds is 6. The molecule has 6 nitrogen and oxygen atoms in total. The number of benzene rings is 2. The van der Waals surface area contributed by atoms with E-state index in [4.69, 9.17) is 9.47 Å². The fourth-order valence-corrected chi connectivity index (χ4v) is 1.92. The molecule has 1 N–H and O–H groups in total. The molecule has 0 unspecified atom stereocenters. The van der Waals surface area contributed by atoms with E-state index in [1.807, 2.05) is 24.3 Å². The summed E-state index contributed by atoms with van der Waals surface area (Å²) in [4.78, 5) is 10.4. The highest BCUT2D eigenvalue weighted by molar-refractivity contribution is 5.58. The third kappa shape index (κ3) is 3.62. The van der Waals surface area contributed by atoms with Crippen molar-refractivity contribution in [1.29, 1.82) is 0 Å². The minimum atomic E-state index is -0.468. The largest absolute Gasteiger partial charge is 0.497 e. The average Bonchev–Trinajstić information content (AvgIpc) is 2.52. The van der Waals surface area contributed by atoms with Crippen LogP contribution in [0.3, 0.4) is 0 Å². The topological polar surface area (TPSA) is 73.6 Å². The van der Waals surface area contributed by atoms with Gasteiger partial charge in [-0.15, -0.1) is 0 Å². The molecule has 0 amide bonds. The van der Waals surface area contributed by atoms with E-state index in [1.54, 1.807) is 19.2 Å². The van der Waals surface area contributed by atoms with E-state index in [9.17, 15) is 10.1 Å². The number of nitrogens with one attached hydrogen (secondary N) is 1. The van der Waals surface area contributed by atoms with E-state index in [-0.39, 0.29) is 11.4 Å². The zero-order valence-electron chi connectivity index (χ0n) is 11.8. The van der Waals surface area contributed by atoms with Crippen molar-refractivity contribution in [2.75, 3.05) is 19.5 Å². The van der Waals surface area contributed by atoms with Crippen molar-refractivity contribution in [2.24, 2.45) is 0 Å². The van der Waals surface area contributed by atoms with Crippen molar-refractivity contribution in [1.82, 2.24) is 0 Å². The molecule has 0 aliphatic rings. The van der Waals surface area contributed by atoms with Crippen molar-refractivity contribution in [3.05, 3.63) is 58.1 Å². The van der Waals surface area contributed by atoms with Gasteiger partial charge in [-0.25, -0.2) is 0 Å². The molecule has 0 heterocycles. The van der Waals surface area contributed by atoms with Gasteiger partial charge >= 0.3 is 5.69 Å². The highest BCUT2D eigenvalue weighted by atomic mass is 16.6. The van der Waals surface area contributed by atoms with Crippen molar-refractivity contribution >= 4 is 11.4 Å². The third-order valence-corrected chi connectivity index (χ3v) is 3.01. The zero-order chi connectivity index (χ0) is 15.2. The van der Waals surface area contributed by atoms with Crippen molar-refractivity contribution in [2.45, 2.75) is 6.54 Å². The quantitative estimate of drug-likeness (QED) is 0.652. The molecule has 110 valence electrons. The van der Waals surface area contributed by atoms with Crippen molar-refractivity contribution in [3.63, 3.8) is 0 Å². The Morgan fingerprint density at radius 2 is 1.95 bits per heavy atom. The smallest absolute Gasteiger partial charge is 0.311 e. The first-order valence-electron chi connectivity index (χ1n) is 6.33. The first kappa shape index (κ1) is 14.6. The lowest BCUT2D eigenvalue weighted by molar-refractivity contribution is -0.385. The summed E-state index contributed by atoms with van der Waals surface area (Å²) in [5.41, 5.74) is 1.75. The fraction of sp³-hybridized carbons (Fsp3) is 0.200. The van der Waals surface area contributed by atoms with Crippen LogP contribution in [0.25, 0.3) is 0 Å². The summed E-state index contributed by atoms with van der Waals surface area (Å²) in [5.74, 6) is 1.02. The Labute approximate surface area is 122 Å². The van der Waals surface area contributed by atoms with Gasteiger partial charge < -0.3 is 14.8 Å². The number of hydrogen-bond donors (Lipinski definition) is 1. The minimum Gasteiger partial charge on any atom is -0.497 e. The second-order valence-electron chi connectivity index (χ2n) is 4.35. The summed E-state index contributed by atoms with van der Waals surface area (Å²) < 4.78 is 10.2. The van der Waals surface area contributed by atoms with Crippen LogP contribution in [-0.2, 0) is 6.54 Å². The predicted molar refractivity (Wildman–Crippen MR) is 80.0 cm³/mol. The van der Waals surface area contributed by atoms with Gasteiger partial charge in [0.25, 0.3) is 0 Å². The van der Waals surface area contributed by atoms with E-state index in [1.165, 1.54) is 13.2 Å². The number of hydrogen-bond acceptors (Lipinski definition) is 5. The molecular formula is C15H16N2O4. The van der Waals surface area contributed by atoms with Crippen LogP contribution in [-0.4, -0.2) is 19.1 Å². The van der Waals surface area contributed by atoms with Crippen LogP contribution in [0.5, 0.6) is 11.5 Å². The first-order valence-corrected chi connectivity index (χ1v) is 6.33. The Hall–Kier alpha value is -2.76. The van der Waals surface area contributed by atoms with Gasteiger partial charge in [-0.3, -0.25) is 10.1 Å². The Morgan fingerprint density at radius 1 is 1.14 bits per heavy atom. The summed E-state index contributed by atoms with van der Waals surface area (Å²) >= 11 is 0. The van der Waals surface area contributed by atoms with Crippen LogP contribution in [0.2, 0.25) is 0 Å². The zero-order valence-corrected chi connectivity index (χ0v) is 11.8. The molecule has 21 heavy (non-hydrogen) atoms. The summed E-state index contributed by atoms with van der Waals surface area (Å²) in [6, 6.07) is 12.4. The Kier molecular flexibility index (Phi) is 4.61. The normalized spacial score (nSPS) is 10.0. The number of nitrogens with zero attached hydrogens (tertiary/aromatic N) is 1. The van der Waals surface area contributed by atoms with Crippen LogP contribution < -0.4 is 14.8 Å². The van der Waals surface area contributed by atoms with Crippen molar-refractivity contribution in [3.8, 4) is 11.5 Å². The third-order valence-electron chi connectivity index (χ3n) is 3.01. The van der Waals surface area contributed by atoms with Gasteiger partial charge in [0.05, 0.1) is 19.1 Å². The summed E-state index contributed by atoms with van der Waals surface area (Å²) in [5, 5.41) is 14.0. The highest BCUT2D eigenvalue weighted by Gasteiger charge is 2.14. The molecule has 0 spiro atoms. The molecule has 2 aromatic rings. The van der Waals surface area contributed by atoms with Gasteiger partial charge in [-0.2, -0.15) is 0 Å². The lowest BCUT2D eigenvalue weighted by Crippen LogP contribution is -2.01. The van der Waals surface area contributed by atoms with E-state index >= 15 is 0 Å². The van der Waals surface area contributed by atoms with Gasteiger partial charge in [-0.05, 0) is 23.8 Å². The lowest BCUT2D eigenvalue weighted by atomic mass is 10.2. The highest BCUT2D eigenvalue weighted by Crippen LogP contribution is 2.29. The maximum atomic E-state index is 10.8. The summed E-state index contributed by atoms with van der Waals surface area (Å²) in [6.07, 6.45) is 0. The number of ether oxygens (including phenoxy) is 2. The second kappa shape index (κ2) is 6.60. The predicted octanol–water partition coefficient (Wildman–Crippen LogP) is 3.22. The Bertz CT molecular complexity index is 643. The molecule has 0 aromatic heterocycles.